The number of nitrogens with zero attached hydrogens (tertiary/aromatic N) is 1. The first-order valence-electron chi connectivity index (χ1n) is 5.13. The molecule has 2 atom stereocenters. The van der Waals surface area contributed by atoms with Gasteiger partial charge in [0.15, 0.2) is 0 Å². The molecule has 0 aromatic heterocycles. The van der Waals surface area contributed by atoms with Crippen LogP contribution >= 0.6 is 0 Å². The van der Waals surface area contributed by atoms with E-state index in [4.69, 9.17) is 5.11 Å². The zero-order valence-electron chi connectivity index (χ0n) is 8.49. The summed E-state index contributed by atoms with van der Waals surface area (Å²) in [6.45, 7) is 6.20. The average molecular weight is 185 g/mol. The van der Waals surface area contributed by atoms with Crippen molar-refractivity contribution in [3.8, 4) is 0 Å². The fraction of sp³-hybridized carbons (Fsp3) is 0.900. The van der Waals surface area contributed by atoms with E-state index in [0.29, 0.717) is 0 Å². The number of carbonyl (C=O) groups is 1. The molecule has 1 aliphatic rings. The Balaban J connectivity index is 2.40. The van der Waals surface area contributed by atoms with Crippen LogP contribution in [0.5, 0.6) is 0 Å². The van der Waals surface area contributed by atoms with Crippen LogP contribution in [-0.2, 0) is 4.79 Å². The molecule has 3 nitrogen and oxygen atoms in total. The summed E-state index contributed by atoms with van der Waals surface area (Å²) in [6.07, 6.45) is 3.18. The standard InChI is InChI=1S/C10H19NO2/c1-3-4-6-11-7-5-9(8(11)2)10(12)13/h8-9H,3-7H2,1-2H3,(H,12,13). The number of likely N-dealkylation sites (tertiary alicyclic amines) is 1. The number of aliphatic carboxylic acids is 1. The Morgan fingerprint density at radius 1 is 1.62 bits per heavy atom. The lowest BCUT2D eigenvalue weighted by Crippen LogP contribution is -2.33. The Morgan fingerprint density at radius 3 is 2.77 bits per heavy atom. The molecule has 0 aromatic rings. The van der Waals surface area contributed by atoms with Crippen molar-refractivity contribution in [3.63, 3.8) is 0 Å². The van der Waals surface area contributed by atoms with Gasteiger partial charge in [-0.2, -0.15) is 0 Å². The molecule has 1 rings (SSSR count). The summed E-state index contributed by atoms with van der Waals surface area (Å²) < 4.78 is 0. The Kier molecular flexibility index (Phi) is 3.72. The molecule has 2 unspecified atom stereocenters. The highest BCUT2D eigenvalue weighted by atomic mass is 16.4. The van der Waals surface area contributed by atoms with Crippen LogP contribution in [-0.4, -0.2) is 35.1 Å². The molecule has 1 aliphatic heterocycles. The van der Waals surface area contributed by atoms with Gasteiger partial charge in [0.25, 0.3) is 0 Å². The highest BCUT2D eigenvalue weighted by Crippen LogP contribution is 2.24. The van der Waals surface area contributed by atoms with Crippen molar-refractivity contribution in [2.24, 2.45) is 5.92 Å². The zero-order valence-corrected chi connectivity index (χ0v) is 8.49. The Bertz CT molecular complexity index is 182. The van der Waals surface area contributed by atoms with Crippen LogP contribution in [0.25, 0.3) is 0 Å². The van der Waals surface area contributed by atoms with Gasteiger partial charge >= 0.3 is 5.97 Å². The molecule has 1 heterocycles. The van der Waals surface area contributed by atoms with E-state index in [-0.39, 0.29) is 12.0 Å². The summed E-state index contributed by atoms with van der Waals surface area (Å²) in [5, 5.41) is 8.90. The highest BCUT2D eigenvalue weighted by molar-refractivity contribution is 5.71. The summed E-state index contributed by atoms with van der Waals surface area (Å²) in [7, 11) is 0. The predicted molar refractivity (Wildman–Crippen MR) is 51.7 cm³/mol. The molecule has 0 bridgehead atoms. The normalized spacial score (nSPS) is 29.4. The van der Waals surface area contributed by atoms with Gasteiger partial charge in [0.05, 0.1) is 5.92 Å². The highest BCUT2D eigenvalue weighted by Gasteiger charge is 2.34. The lowest BCUT2D eigenvalue weighted by atomic mass is 10.0. The number of unbranched alkanes of at least 4 members (excludes halogenated alkanes) is 1. The lowest BCUT2D eigenvalue weighted by molar-refractivity contribution is -0.142. The van der Waals surface area contributed by atoms with Gasteiger partial charge in [0, 0.05) is 6.04 Å². The Morgan fingerprint density at radius 2 is 2.31 bits per heavy atom. The summed E-state index contributed by atoms with van der Waals surface area (Å²) in [6, 6.07) is 0.226. The minimum Gasteiger partial charge on any atom is -0.481 e. The second kappa shape index (κ2) is 4.61. The Hall–Kier alpha value is -0.570. The lowest BCUT2D eigenvalue weighted by Gasteiger charge is -2.22. The molecule has 0 amide bonds. The second-order valence-corrected chi connectivity index (χ2v) is 3.86. The van der Waals surface area contributed by atoms with Crippen molar-refractivity contribution in [2.45, 2.75) is 39.2 Å². The third-order valence-electron chi connectivity index (χ3n) is 3.00. The van der Waals surface area contributed by atoms with Gasteiger partial charge in [-0.05, 0) is 32.9 Å². The summed E-state index contributed by atoms with van der Waals surface area (Å²) in [5.41, 5.74) is 0. The van der Waals surface area contributed by atoms with E-state index in [0.717, 1.165) is 19.5 Å². The largest absolute Gasteiger partial charge is 0.481 e. The van der Waals surface area contributed by atoms with E-state index < -0.39 is 5.97 Å². The van der Waals surface area contributed by atoms with Crippen molar-refractivity contribution < 1.29 is 9.90 Å². The molecule has 1 saturated heterocycles. The van der Waals surface area contributed by atoms with E-state index in [1.165, 1.54) is 12.8 Å². The molecule has 0 radical (unpaired) electrons. The number of rotatable bonds is 4. The number of hydrogen-bond acceptors (Lipinski definition) is 2. The third-order valence-corrected chi connectivity index (χ3v) is 3.00. The quantitative estimate of drug-likeness (QED) is 0.723. The van der Waals surface area contributed by atoms with Crippen LogP contribution in [0.3, 0.4) is 0 Å². The van der Waals surface area contributed by atoms with E-state index >= 15 is 0 Å². The van der Waals surface area contributed by atoms with Gasteiger partial charge in [-0.3, -0.25) is 9.69 Å². The van der Waals surface area contributed by atoms with Crippen molar-refractivity contribution >= 4 is 5.97 Å². The molecule has 0 spiro atoms. The van der Waals surface area contributed by atoms with Gasteiger partial charge in [-0.15, -0.1) is 0 Å². The van der Waals surface area contributed by atoms with Crippen molar-refractivity contribution in [3.05, 3.63) is 0 Å². The maximum Gasteiger partial charge on any atom is 0.308 e. The van der Waals surface area contributed by atoms with Crippen LogP contribution in [0, 0.1) is 5.92 Å². The molecule has 1 fully saturated rings. The van der Waals surface area contributed by atoms with Crippen LogP contribution < -0.4 is 0 Å². The maximum absolute atomic E-state index is 10.8. The first kappa shape index (κ1) is 10.5. The first-order valence-corrected chi connectivity index (χ1v) is 5.13. The Labute approximate surface area is 79.7 Å². The fourth-order valence-electron chi connectivity index (χ4n) is 2.01. The average Bonchev–Trinajstić information content (AvgIpc) is 2.43. The molecular weight excluding hydrogens is 166 g/mol. The monoisotopic (exact) mass is 185 g/mol. The SMILES string of the molecule is CCCCN1CCC(C(=O)O)C1C. The summed E-state index contributed by atoms with van der Waals surface area (Å²) >= 11 is 0. The van der Waals surface area contributed by atoms with Gasteiger partial charge in [0.2, 0.25) is 0 Å². The molecule has 13 heavy (non-hydrogen) atoms. The first-order chi connectivity index (χ1) is 6.16. The van der Waals surface area contributed by atoms with Crippen molar-refractivity contribution in [1.82, 2.24) is 4.90 Å². The van der Waals surface area contributed by atoms with E-state index in [9.17, 15) is 4.79 Å². The van der Waals surface area contributed by atoms with Crippen molar-refractivity contribution in [1.29, 1.82) is 0 Å². The van der Waals surface area contributed by atoms with Gasteiger partial charge in [-0.1, -0.05) is 13.3 Å². The number of hydrogen-bond donors (Lipinski definition) is 1. The van der Waals surface area contributed by atoms with Crippen LogP contribution in [0.4, 0.5) is 0 Å². The predicted octanol–water partition coefficient (Wildman–Crippen LogP) is 1.58. The molecule has 0 aliphatic carbocycles. The van der Waals surface area contributed by atoms with E-state index in [1.54, 1.807) is 0 Å². The molecule has 76 valence electrons. The van der Waals surface area contributed by atoms with Gasteiger partial charge in [-0.25, -0.2) is 0 Å². The van der Waals surface area contributed by atoms with Crippen molar-refractivity contribution in [2.75, 3.05) is 13.1 Å². The maximum atomic E-state index is 10.8. The van der Waals surface area contributed by atoms with Crippen LogP contribution in [0.2, 0.25) is 0 Å². The molecule has 1 N–H and O–H groups in total. The fourth-order valence-corrected chi connectivity index (χ4v) is 2.01. The number of carboxylic acid groups (broad SMARTS) is 1. The second-order valence-electron chi connectivity index (χ2n) is 3.86. The molecule has 0 aromatic carbocycles. The minimum atomic E-state index is -0.633. The summed E-state index contributed by atoms with van der Waals surface area (Å²) in [5.74, 6) is -0.775. The van der Waals surface area contributed by atoms with Gasteiger partial charge < -0.3 is 5.11 Å². The van der Waals surface area contributed by atoms with Crippen LogP contribution in [0.15, 0.2) is 0 Å². The van der Waals surface area contributed by atoms with E-state index in [1.807, 2.05) is 6.92 Å². The smallest absolute Gasteiger partial charge is 0.308 e. The van der Waals surface area contributed by atoms with Crippen LogP contribution in [0.1, 0.15) is 33.1 Å². The summed E-state index contributed by atoms with van der Waals surface area (Å²) in [4.78, 5) is 13.1. The number of carboxylic acids is 1. The van der Waals surface area contributed by atoms with E-state index in [2.05, 4.69) is 11.8 Å². The molecule has 3 heteroatoms. The molecular formula is C10H19NO2. The zero-order chi connectivity index (χ0) is 9.84. The topological polar surface area (TPSA) is 40.5 Å². The molecule has 0 saturated carbocycles. The van der Waals surface area contributed by atoms with Gasteiger partial charge in [0.1, 0.15) is 0 Å². The minimum absolute atomic E-state index is 0.142. The third kappa shape index (κ3) is 2.44.